The number of benzene rings is 1. The first-order valence-electron chi connectivity index (χ1n) is 12.1. The summed E-state index contributed by atoms with van der Waals surface area (Å²) in [7, 11) is 3.01. The zero-order valence-electron chi connectivity index (χ0n) is 21.2. The molecule has 1 atom stereocenters. The molecule has 0 bridgehead atoms. The van der Waals surface area contributed by atoms with Crippen LogP contribution >= 0.6 is 11.5 Å². The van der Waals surface area contributed by atoms with E-state index >= 15 is 0 Å². The number of pyridine rings is 1. The maximum atomic E-state index is 14.0. The first-order valence-corrected chi connectivity index (χ1v) is 12.9. The number of nitrogens with two attached hydrogens (primary N) is 2. The topological polar surface area (TPSA) is 163 Å². The molecular weight excluding hydrogens is 508 g/mol. The van der Waals surface area contributed by atoms with Gasteiger partial charge in [0.05, 0.1) is 19.9 Å². The molecule has 3 amide bonds. The number of nitrogen functional groups attached to an aromatic ring is 1. The molecule has 1 aromatic carbocycles. The quantitative estimate of drug-likeness (QED) is 0.355. The van der Waals surface area contributed by atoms with Crippen LogP contribution in [0.3, 0.4) is 0 Å². The van der Waals surface area contributed by atoms with E-state index in [0.29, 0.717) is 22.6 Å². The van der Waals surface area contributed by atoms with Gasteiger partial charge in [-0.15, -0.1) is 0 Å². The molecule has 1 aliphatic carbocycles. The summed E-state index contributed by atoms with van der Waals surface area (Å²) in [5.74, 6) is -0.871. The number of nitrogens with one attached hydrogen (secondary N) is 1. The molecule has 1 saturated carbocycles. The average Bonchev–Trinajstić information content (AvgIpc) is 3.57. The highest BCUT2D eigenvalue weighted by Crippen LogP contribution is 2.35. The van der Waals surface area contributed by atoms with E-state index in [1.54, 1.807) is 42.7 Å². The Morgan fingerprint density at radius 3 is 2.50 bits per heavy atom. The van der Waals surface area contributed by atoms with Crippen LogP contribution < -0.4 is 26.3 Å². The molecule has 38 heavy (non-hydrogen) atoms. The highest BCUT2D eigenvalue weighted by atomic mass is 32.1. The van der Waals surface area contributed by atoms with Crippen LogP contribution in [-0.4, -0.2) is 52.2 Å². The van der Waals surface area contributed by atoms with E-state index in [2.05, 4.69) is 14.7 Å². The third-order valence-electron chi connectivity index (χ3n) is 6.48. The van der Waals surface area contributed by atoms with Crippen molar-refractivity contribution in [1.29, 1.82) is 0 Å². The van der Waals surface area contributed by atoms with Crippen LogP contribution in [0.1, 0.15) is 63.0 Å². The molecular formula is C26H30N6O5S. The molecule has 0 spiro atoms. The van der Waals surface area contributed by atoms with Gasteiger partial charge in [-0.05, 0) is 53.7 Å². The monoisotopic (exact) mass is 538 g/mol. The number of rotatable bonds is 10. The fourth-order valence-corrected chi connectivity index (χ4v) is 5.34. The summed E-state index contributed by atoms with van der Waals surface area (Å²) < 4.78 is 14.8. The SMILES string of the molecule is COc1ccc([C@H](C(=O)NC2CCCC2)N(Cc2cccnc2)C(=O)c2snc(C(N)=O)c2N)cc1OC. The van der Waals surface area contributed by atoms with Crippen molar-refractivity contribution < 1.29 is 23.9 Å². The highest BCUT2D eigenvalue weighted by Gasteiger charge is 2.36. The Morgan fingerprint density at radius 1 is 1.16 bits per heavy atom. The third-order valence-corrected chi connectivity index (χ3v) is 7.33. The first kappa shape index (κ1) is 26.9. The van der Waals surface area contributed by atoms with Crippen LogP contribution in [-0.2, 0) is 11.3 Å². The van der Waals surface area contributed by atoms with Crippen LogP contribution in [0.4, 0.5) is 5.69 Å². The lowest BCUT2D eigenvalue weighted by Gasteiger charge is -2.32. The Bertz CT molecular complexity index is 1310. The van der Waals surface area contributed by atoms with Crippen molar-refractivity contribution in [3.63, 3.8) is 0 Å². The second kappa shape index (κ2) is 11.9. The van der Waals surface area contributed by atoms with Gasteiger partial charge in [0.15, 0.2) is 17.2 Å². The van der Waals surface area contributed by atoms with E-state index < -0.39 is 17.9 Å². The van der Waals surface area contributed by atoms with Crippen molar-refractivity contribution in [2.45, 2.75) is 44.3 Å². The highest BCUT2D eigenvalue weighted by molar-refractivity contribution is 7.09. The molecule has 5 N–H and O–H groups in total. The van der Waals surface area contributed by atoms with Gasteiger partial charge in [-0.2, -0.15) is 4.37 Å². The van der Waals surface area contributed by atoms with Gasteiger partial charge in [-0.3, -0.25) is 19.4 Å². The summed E-state index contributed by atoms with van der Waals surface area (Å²) >= 11 is 0.763. The molecule has 11 nitrogen and oxygen atoms in total. The number of hydrogen-bond donors (Lipinski definition) is 3. The van der Waals surface area contributed by atoms with Gasteiger partial charge in [0.1, 0.15) is 10.9 Å². The lowest BCUT2D eigenvalue weighted by Crippen LogP contribution is -2.45. The second-order valence-corrected chi connectivity index (χ2v) is 9.71. The van der Waals surface area contributed by atoms with E-state index in [9.17, 15) is 14.4 Å². The number of carbonyl (C=O) groups is 3. The van der Waals surface area contributed by atoms with Gasteiger partial charge in [-0.25, -0.2) is 0 Å². The van der Waals surface area contributed by atoms with Crippen LogP contribution in [0.15, 0.2) is 42.7 Å². The Labute approximate surface area is 224 Å². The van der Waals surface area contributed by atoms with Crippen molar-refractivity contribution in [2.24, 2.45) is 5.73 Å². The minimum absolute atomic E-state index is 0.00965. The van der Waals surface area contributed by atoms with E-state index in [1.807, 2.05) is 0 Å². The molecule has 4 rings (SSSR count). The first-order chi connectivity index (χ1) is 18.3. The van der Waals surface area contributed by atoms with Crippen molar-refractivity contribution in [3.8, 4) is 11.5 Å². The summed E-state index contributed by atoms with van der Waals surface area (Å²) in [4.78, 5) is 45.3. The van der Waals surface area contributed by atoms with Crippen molar-refractivity contribution in [2.75, 3.05) is 20.0 Å². The van der Waals surface area contributed by atoms with Gasteiger partial charge < -0.3 is 31.2 Å². The number of methoxy groups -OCH3 is 2. The van der Waals surface area contributed by atoms with Crippen molar-refractivity contribution in [3.05, 3.63) is 64.4 Å². The zero-order chi connectivity index (χ0) is 27.2. The molecule has 2 aromatic heterocycles. The third kappa shape index (κ3) is 5.70. The summed E-state index contributed by atoms with van der Waals surface area (Å²) in [5.41, 5.74) is 12.4. The second-order valence-electron chi connectivity index (χ2n) is 8.94. The van der Waals surface area contributed by atoms with Crippen molar-refractivity contribution >= 4 is 34.9 Å². The van der Waals surface area contributed by atoms with Gasteiger partial charge in [-0.1, -0.05) is 25.0 Å². The summed E-state index contributed by atoms with van der Waals surface area (Å²) in [5, 5.41) is 3.12. The smallest absolute Gasteiger partial charge is 0.270 e. The Morgan fingerprint density at radius 2 is 1.89 bits per heavy atom. The molecule has 0 aliphatic heterocycles. The van der Waals surface area contributed by atoms with E-state index in [-0.39, 0.29) is 34.8 Å². The molecule has 12 heteroatoms. The lowest BCUT2D eigenvalue weighted by molar-refractivity contribution is -0.126. The minimum atomic E-state index is -1.07. The predicted octanol–water partition coefficient (Wildman–Crippen LogP) is 2.68. The summed E-state index contributed by atoms with van der Waals surface area (Å²) in [6.07, 6.45) is 7.02. The number of anilines is 1. The fourth-order valence-electron chi connectivity index (χ4n) is 4.57. The van der Waals surface area contributed by atoms with Crippen molar-refractivity contribution in [1.82, 2.24) is 19.6 Å². The maximum Gasteiger partial charge on any atom is 0.270 e. The standard InChI is InChI=1S/C26H30N6O5S/c1-36-18-10-9-16(12-19(18)37-2)22(25(34)30-17-7-3-4-8-17)32(14-15-6-5-11-29-13-15)26(35)23-20(27)21(24(28)33)31-38-23/h5-6,9-13,17,22H,3-4,7-8,14,27H2,1-2H3,(H2,28,33)(H,30,34)/t22-/m1/s1. The normalized spacial score (nSPS) is 14.1. The molecule has 1 aliphatic rings. The maximum absolute atomic E-state index is 14.0. The number of amides is 3. The van der Waals surface area contributed by atoms with Crippen LogP contribution in [0.5, 0.6) is 11.5 Å². The van der Waals surface area contributed by atoms with E-state index in [4.69, 9.17) is 20.9 Å². The Balaban J connectivity index is 1.83. The zero-order valence-corrected chi connectivity index (χ0v) is 22.0. The van der Waals surface area contributed by atoms with Gasteiger partial charge in [0, 0.05) is 25.0 Å². The molecule has 3 aromatic rings. The predicted molar refractivity (Wildman–Crippen MR) is 142 cm³/mol. The van der Waals surface area contributed by atoms with E-state index in [1.165, 1.54) is 19.1 Å². The van der Waals surface area contributed by atoms with Gasteiger partial charge in [0.2, 0.25) is 5.91 Å². The number of primary amides is 1. The summed E-state index contributed by atoms with van der Waals surface area (Å²) in [6.45, 7) is 0.0347. The lowest BCUT2D eigenvalue weighted by atomic mass is 10.0. The largest absolute Gasteiger partial charge is 0.493 e. The molecule has 200 valence electrons. The Hall–Kier alpha value is -4.19. The van der Waals surface area contributed by atoms with Gasteiger partial charge >= 0.3 is 0 Å². The average molecular weight is 539 g/mol. The van der Waals surface area contributed by atoms with Crippen LogP contribution in [0.2, 0.25) is 0 Å². The number of ether oxygens (including phenoxy) is 2. The minimum Gasteiger partial charge on any atom is -0.493 e. The van der Waals surface area contributed by atoms with Crippen LogP contribution in [0.25, 0.3) is 0 Å². The molecule has 2 heterocycles. The fraction of sp³-hybridized carbons (Fsp3) is 0.346. The number of nitrogens with zero attached hydrogens (tertiary/aromatic N) is 3. The molecule has 0 unspecified atom stereocenters. The molecule has 1 fully saturated rings. The van der Waals surface area contributed by atoms with Crippen LogP contribution in [0, 0.1) is 0 Å². The number of carbonyl (C=O) groups excluding carboxylic acids is 3. The van der Waals surface area contributed by atoms with E-state index in [0.717, 1.165) is 37.2 Å². The Kier molecular flexibility index (Phi) is 8.41. The number of aromatic nitrogens is 2. The number of hydrogen-bond acceptors (Lipinski definition) is 9. The molecule has 0 radical (unpaired) electrons. The van der Waals surface area contributed by atoms with Gasteiger partial charge in [0.25, 0.3) is 11.8 Å². The molecule has 0 saturated heterocycles. The summed E-state index contributed by atoms with van der Waals surface area (Å²) in [6, 6.07) is 7.56.